The molecular weight excluding hydrogens is 757 g/mol. The monoisotopic (exact) mass is 800 g/mol. The maximum atomic E-state index is 6.86. The summed E-state index contributed by atoms with van der Waals surface area (Å²) in [5.74, 6) is 1.92. The highest BCUT2D eigenvalue weighted by Crippen LogP contribution is 2.56. The van der Waals surface area contributed by atoms with Crippen molar-refractivity contribution in [3.05, 3.63) is 199 Å². The molecule has 0 bridgehead atoms. The third-order valence-electron chi connectivity index (χ3n) is 13.4. The third-order valence-corrected chi connectivity index (χ3v) is 13.4. The molecule has 9 aromatic carbocycles. The van der Waals surface area contributed by atoms with Gasteiger partial charge < -0.3 is 19.0 Å². The number of furan rings is 1. The van der Waals surface area contributed by atoms with Crippen molar-refractivity contribution in [2.75, 3.05) is 9.80 Å². The Balaban J connectivity index is 1.11. The van der Waals surface area contributed by atoms with Crippen LogP contribution < -0.4 is 14.5 Å². The van der Waals surface area contributed by atoms with Gasteiger partial charge in [-0.1, -0.05) is 121 Å². The third kappa shape index (κ3) is 5.74. The maximum absolute atomic E-state index is 6.86. The lowest BCUT2D eigenvalue weighted by Gasteiger charge is -2.32. The lowest BCUT2D eigenvalue weighted by molar-refractivity contribution is 0.252. The van der Waals surface area contributed by atoms with Crippen molar-refractivity contribution < 1.29 is 9.15 Å². The minimum Gasteiger partial charge on any atom is -0.484 e. The lowest BCUT2D eigenvalue weighted by Crippen LogP contribution is -2.17. The molecule has 0 amide bonds. The number of ether oxygens (including phenoxy) is 1. The molecule has 0 N–H and O–H groups in total. The first-order valence-corrected chi connectivity index (χ1v) is 22.2. The SMILES string of the molecule is C1=CCC(Oc2ccccc2N(c2ccccc2)c2cc(C3CC3)c3ccc4c(N(c5ccccc5)c5cccc6c5oc5ccccc56)cc(C5CC5)c5ccc2c3c54)C=C1. The van der Waals surface area contributed by atoms with Crippen LogP contribution in [0.15, 0.2) is 193 Å². The van der Waals surface area contributed by atoms with E-state index < -0.39 is 0 Å². The molecule has 4 heteroatoms. The van der Waals surface area contributed by atoms with Crippen LogP contribution >= 0.6 is 0 Å². The highest BCUT2D eigenvalue weighted by atomic mass is 16.5. The van der Waals surface area contributed by atoms with Gasteiger partial charge in [-0.3, -0.25) is 0 Å². The van der Waals surface area contributed by atoms with Gasteiger partial charge in [-0.2, -0.15) is 0 Å². The Hall–Kier alpha value is -7.30. The summed E-state index contributed by atoms with van der Waals surface area (Å²) in [7, 11) is 0. The summed E-state index contributed by atoms with van der Waals surface area (Å²) < 4.78 is 13.6. The fourth-order valence-electron chi connectivity index (χ4n) is 10.3. The molecule has 2 saturated carbocycles. The average Bonchev–Trinajstić information content (AvgIpc) is 4.28. The van der Waals surface area contributed by atoms with Gasteiger partial charge in [0, 0.05) is 39.3 Å². The first-order chi connectivity index (χ1) is 30.8. The summed E-state index contributed by atoms with van der Waals surface area (Å²) in [5.41, 5.74) is 11.3. The zero-order chi connectivity index (χ0) is 40.7. The number of rotatable bonds is 10. The standard InChI is InChI=1S/C58H44N2O2/c1-4-15-39(16-5-1)59(50-23-11-13-26-55(50)61-41-19-8-3-9-20-41)52-35-48(37-27-28-37)43-32-34-47-53(36-49(38-29-30-38)44-31-33-46(52)56(43)57(44)47)60(40-17-6-2-7-18-40)51-24-14-22-45-42-21-10-12-25-54(42)62-58(45)51/h1-19,21-26,31-38,41H,20,27-30H2. The highest BCUT2D eigenvalue weighted by molar-refractivity contribution is 6.30. The summed E-state index contributed by atoms with van der Waals surface area (Å²) in [6, 6.07) is 60.0. The number of fused-ring (bicyclic) bond motifs is 3. The van der Waals surface area contributed by atoms with Crippen molar-refractivity contribution in [1.29, 1.82) is 0 Å². The number of benzene rings is 9. The molecule has 0 radical (unpaired) electrons. The van der Waals surface area contributed by atoms with E-state index >= 15 is 0 Å². The lowest BCUT2D eigenvalue weighted by atomic mass is 9.86. The molecule has 1 unspecified atom stereocenters. The molecule has 3 aliphatic carbocycles. The molecule has 1 aromatic heterocycles. The second-order valence-corrected chi connectivity index (χ2v) is 17.4. The summed E-state index contributed by atoms with van der Waals surface area (Å²) in [4.78, 5) is 4.92. The van der Waals surface area contributed by atoms with Crippen molar-refractivity contribution in [2.45, 2.75) is 50.0 Å². The van der Waals surface area contributed by atoms with Crippen molar-refractivity contribution in [1.82, 2.24) is 0 Å². The second kappa shape index (κ2) is 14.1. The van der Waals surface area contributed by atoms with E-state index in [4.69, 9.17) is 9.15 Å². The Kier molecular flexibility index (Phi) is 8.09. The average molecular weight is 801 g/mol. The van der Waals surface area contributed by atoms with E-state index in [1.54, 1.807) is 0 Å². The van der Waals surface area contributed by atoms with Crippen molar-refractivity contribution in [3.8, 4) is 5.75 Å². The largest absolute Gasteiger partial charge is 0.484 e. The molecule has 298 valence electrons. The molecule has 4 nitrogen and oxygen atoms in total. The molecule has 3 aliphatic rings. The van der Waals surface area contributed by atoms with Gasteiger partial charge in [0.1, 0.15) is 17.4 Å². The maximum Gasteiger partial charge on any atom is 0.159 e. The van der Waals surface area contributed by atoms with E-state index in [2.05, 4.69) is 198 Å². The molecule has 1 heterocycles. The quantitative estimate of drug-likeness (QED) is 0.129. The summed E-state index contributed by atoms with van der Waals surface area (Å²) in [6.45, 7) is 0. The van der Waals surface area contributed by atoms with Gasteiger partial charge in [0.25, 0.3) is 0 Å². The topological polar surface area (TPSA) is 28.9 Å². The Morgan fingerprint density at radius 2 is 1.00 bits per heavy atom. The second-order valence-electron chi connectivity index (χ2n) is 17.4. The van der Waals surface area contributed by atoms with Crippen LogP contribution in [0.25, 0.3) is 54.3 Å². The Morgan fingerprint density at radius 3 is 1.63 bits per heavy atom. The first kappa shape index (κ1) is 35.5. The van der Waals surface area contributed by atoms with E-state index in [0.29, 0.717) is 11.8 Å². The van der Waals surface area contributed by atoms with Crippen LogP contribution in [0, 0.1) is 0 Å². The van der Waals surface area contributed by atoms with E-state index in [-0.39, 0.29) is 6.10 Å². The van der Waals surface area contributed by atoms with Crippen LogP contribution in [0.4, 0.5) is 34.1 Å². The molecule has 2 fully saturated rings. The van der Waals surface area contributed by atoms with Gasteiger partial charge in [0.05, 0.1) is 22.7 Å². The molecule has 0 saturated heterocycles. The normalized spacial score (nSPS) is 16.3. The number of nitrogens with zero attached hydrogens (tertiary/aromatic N) is 2. The minimum atomic E-state index is -0.0283. The van der Waals surface area contributed by atoms with Gasteiger partial charge in [-0.05, 0) is 137 Å². The van der Waals surface area contributed by atoms with E-state index in [1.807, 2.05) is 0 Å². The van der Waals surface area contributed by atoms with Crippen LogP contribution in [0.2, 0.25) is 0 Å². The molecule has 1 atom stereocenters. The van der Waals surface area contributed by atoms with Gasteiger partial charge in [-0.25, -0.2) is 0 Å². The van der Waals surface area contributed by atoms with E-state index in [9.17, 15) is 0 Å². The number of anilines is 6. The van der Waals surface area contributed by atoms with E-state index in [0.717, 1.165) is 56.9 Å². The zero-order valence-corrected chi connectivity index (χ0v) is 34.4. The molecular formula is C58H44N2O2. The highest BCUT2D eigenvalue weighted by Gasteiger charge is 2.33. The fraction of sp³-hybridized carbons (Fsp3) is 0.138. The Labute approximate surface area is 360 Å². The van der Waals surface area contributed by atoms with Crippen LogP contribution in [0.1, 0.15) is 55.1 Å². The molecule has 13 rings (SSSR count). The van der Waals surface area contributed by atoms with Gasteiger partial charge in [0.15, 0.2) is 5.58 Å². The van der Waals surface area contributed by atoms with Crippen LogP contribution in [0.3, 0.4) is 0 Å². The summed E-state index contributed by atoms with van der Waals surface area (Å²) in [6.07, 6.45) is 14.2. The van der Waals surface area contributed by atoms with Crippen LogP contribution in [0.5, 0.6) is 5.75 Å². The van der Waals surface area contributed by atoms with Gasteiger partial charge in [0.2, 0.25) is 0 Å². The fourth-order valence-corrected chi connectivity index (χ4v) is 10.3. The van der Waals surface area contributed by atoms with Crippen LogP contribution in [-0.2, 0) is 0 Å². The number of hydrogen-bond donors (Lipinski definition) is 0. The first-order valence-electron chi connectivity index (χ1n) is 22.2. The zero-order valence-electron chi connectivity index (χ0n) is 34.4. The van der Waals surface area contributed by atoms with Gasteiger partial charge >= 0.3 is 0 Å². The minimum absolute atomic E-state index is 0.0283. The predicted octanol–water partition coefficient (Wildman–Crippen LogP) is 16.4. The molecule has 0 aliphatic heterocycles. The number of para-hydroxylation sites is 6. The molecule has 0 spiro atoms. The smallest absolute Gasteiger partial charge is 0.159 e. The van der Waals surface area contributed by atoms with Crippen molar-refractivity contribution in [2.24, 2.45) is 0 Å². The predicted molar refractivity (Wildman–Crippen MR) is 258 cm³/mol. The van der Waals surface area contributed by atoms with Gasteiger partial charge in [-0.15, -0.1) is 0 Å². The Morgan fingerprint density at radius 1 is 0.452 bits per heavy atom. The summed E-state index contributed by atoms with van der Waals surface area (Å²) in [5, 5.41) is 10.2. The summed E-state index contributed by atoms with van der Waals surface area (Å²) >= 11 is 0. The van der Waals surface area contributed by atoms with Crippen molar-refractivity contribution >= 4 is 88.4 Å². The Bertz CT molecular complexity index is 3390. The number of hydrogen-bond acceptors (Lipinski definition) is 4. The molecule has 62 heavy (non-hydrogen) atoms. The van der Waals surface area contributed by atoms with Crippen LogP contribution in [-0.4, -0.2) is 6.10 Å². The van der Waals surface area contributed by atoms with E-state index in [1.165, 1.54) is 80.5 Å². The molecule has 10 aromatic rings. The number of allylic oxidation sites excluding steroid dienone is 2. The van der Waals surface area contributed by atoms with Crippen molar-refractivity contribution in [3.63, 3.8) is 0 Å².